The first kappa shape index (κ1) is 34.3. The molecule has 0 radical (unpaired) electrons. The molecule has 0 heterocycles. The van der Waals surface area contributed by atoms with Crippen molar-refractivity contribution in [1.82, 2.24) is 0 Å². The van der Waals surface area contributed by atoms with Crippen LogP contribution in [0.5, 0.6) is 0 Å². The molecule has 270 valence electrons. The zero-order valence-corrected chi connectivity index (χ0v) is 31.7. The molecule has 8 aromatic carbocycles. The third-order valence-electron chi connectivity index (χ3n) is 11.6. The molecule has 0 saturated heterocycles. The highest BCUT2D eigenvalue weighted by Crippen LogP contribution is 2.57. The highest BCUT2D eigenvalue weighted by Gasteiger charge is 2.47. The molecule has 10 rings (SSSR count). The average molecular weight is 728 g/mol. The summed E-state index contributed by atoms with van der Waals surface area (Å²) in [5, 5.41) is 0. The zero-order chi connectivity index (χ0) is 38.0. The van der Waals surface area contributed by atoms with Gasteiger partial charge in [-0.1, -0.05) is 206 Å². The Labute approximate surface area is 335 Å². The molecular weight excluding hydrogens is 687 g/mol. The van der Waals surface area contributed by atoms with E-state index < -0.39 is 5.41 Å². The van der Waals surface area contributed by atoms with Crippen molar-refractivity contribution in [3.8, 4) is 33.4 Å². The van der Waals surface area contributed by atoms with E-state index in [1.807, 2.05) is 0 Å². The van der Waals surface area contributed by atoms with Gasteiger partial charge in [0.05, 0.1) is 11.1 Å². The summed E-state index contributed by atoms with van der Waals surface area (Å²) >= 11 is 0. The summed E-state index contributed by atoms with van der Waals surface area (Å²) in [6.45, 7) is 0. The molecule has 2 aliphatic rings. The highest BCUT2D eigenvalue weighted by atomic mass is 15.1. The fourth-order valence-corrected chi connectivity index (χ4v) is 8.99. The third kappa shape index (κ3) is 6.05. The molecule has 8 aromatic rings. The Morgan fingerprint density at radius 1 is 0.368 bits per heavy atom. The van der Waals surface area contributed by atoms with Crippen molar-refractivity contribution >= 4 is 22.6 Å². The van der Waals surface area contributed by atoms with E-state index in [4.69, 9.17) is 0 Å². The lowest BCUT2D eigenvalue weighted by molar-refractivity contribution is 0.761. The van der Waals surface area contributed by atoms with Crippen molar-refractivity contribution in [2.24, 2.45) is 0 Å². The Morgan fingerprint density at radius 2 is 0.895 bits per heavy atom. The van der Waals surface area contributed by atoms with Crippen LogP contribution in [0.1, 0.15) is 28.7 Å². The van der Waals surface area contributed by atoms with Gasteiger partial charge in [0.2, 0.25) is 0 Å². The molecule has 0 atom stereocenters. The molecule has 1 nitrogen and oxygen atoms in total. The second-order valence-electron chi connectivity index (χ2n) is 14.8. The number of allylic oxidation sites excluding steroid dienone is 6. The third-order valence-corrected chi connectivity index (χ3v) is 11.6. The number of nitrogens with zero attached hydrogens (tertiary/aromatic N) is 1. The van der Waals surface area contributed by atoms with Gasteiger partial charge in [-0.2, -0.15) is 0 Å². The molecule has 0 N–H and O–H groups in total. The fourth-order valence-electron chi connectivity index (χ4n) is 8.99. The molecular formula is C56H41N. The van der Waals surface area contributed by atoms with Gasteiger partial charge in [0, 0.05) is 16.9 Å². The summed E-state index contributed by atoms with van der Waals surface area (Å²) in [7, 11) is 0. The lowest BCUT2D eigenvalue weighted by Gasteiger charge is -2.36. The van der Waals surface area contributed by atoms with Gasteiger partial charge in [0.1, 0.15) is 0 Å². The van der Waals surface area contributed by atoms with Crippen molar-refractivity contribution in [2.75, 3.05) is 4.90 Å². The molecule has 0 saturated carbocycles. The van der Waals surface area contributed by atoms with Crippen molar-refractivity contribution < 1.29 is 0 Å². The van der Waals surface area contributed by atoms with Gasteiger partial charge in [-0.25, -0.2) is 0 Å². The van der Waals surface area contributed by atoms with Crippen LogP contribution in [0, 0.1) is 0 Å². The first-order chi connectivity index (χ1) is 28.3. The topological polar surface area (TPSA) is 3.24 Å². The Morgan fingerprint density at radius 3 is 1.58 bits per heavy atom. The van der Waals surface area contributed by atoms with Gasteiger partial charge in [-0.05, 0) is 98.0 Å². The largest absolute Gasteiger partial charge is 0.310 e. The van der Waals surface area contributed by atoms with Crippen LogP contribution in [0.2, 0.25) is 0 Å². The van der Waals surface area contributed by atoms with Crippen LogP contribution in [0.25, 0.3) is 39.0 Å². The number of rotatable bonds is 8. The summed E-state index contributed by atoms with van der Waals surface area (Å²) in [6, 6.07) is 77.4. The number of para-hydroxylation sites is 1. The molecule has 0 amide bonds. The molecule has 2 aliphatic carbocycles. The van der Waals surface area contributed by atoms with E-state index in [9.17, 15) is 0 Å². The predicted molar refractivity (Wildman–Crippen MR) is 240 cm³/mol. The molecule has 0 unspecified atom stereocenters. The quantitative estimate of drug-likeness (QED) is 0.151. The van der Waals surface area contributed by atoms with E-state index in [0.29, 0.717) is 0 Å². The first-order valence-electron chi connectivity index (χ1n) is 19.8. The summed E-state index contributed by atoms with van der Waals surface area (Å²) in [5.74, 6) is 0. The van der Waals surface area contributed by atoms with Gasteiger partial charge in [-0.15, -0.1) is 0 Å². The van der Waals surface area contributed by atoms with Gasteiger partial charge < -0.3 is 4.90 Å². The molecule has 0 aliphatic heterocycles. The number of benzene rings is 8. The van der Waals surface area contributed by atoms with Crippen LogP contribution in [0.15, 0.2) is 242 Å². The normalized spacial score (nSPS) is 13.8. The fraction of sp³-hybridized carbons (Fsp3) is 0.0357. The molecule has 1 heteroatoms. The summed E-state index contributed by atoms with van der Waals surface area (Å²) in [5.41, 5.74) is 17.6. The smallest absolute Gasteiger partial charge is 0.0714 e. The molecule has 57 heavy (non-hydrogen) atoms. The lowest BCUT2D eigenvalue weighted by atomic mass is 9.66. The highest BCUT2D eigenvalue weighted by molar-refractivity contribution is 5.95. The maximum atomic E-state index is 2.47. The molecule has 0 aromatic heterocycles. The van der Waals surface area contributed by atoms with Crippen molar-refractivity contribution in [3.05, 3.63) is 264 Å². The maximum Gasteiger partial charge on any atom is 0.0714 e. The van der Waals surface area contributed by atoms with Crippen LogP contribution < -0.4 is 4.90 Å². The SMILES string of the molecule is C1=CC2=C(C=CC1)C(c1ccccc1)(c1ccccc1)c1cc(N(c3cccc(-c4ccccc4)c3)c3ccccc3-c3ccc(-c4ccccc4)cc3)ccc12. The van der Waals surface area contributed by atoms with E-state index in [2.05, 4.69) is 242 Å². The molecule has 0 fully saturated rings. The number of fused-ring (bicyclic) bond motifs is 2. The van der Waals surface area contributed by atoms with E-state index in [-0.39, 0.29) is 0 Å². The van der Waals surface area contributed by atoms with Crippen LogP contribution in [0.3, 0.4) is 0 Å². The van der Waals surface area contributed by atoms with Gasteiger partial charge in [0.25, 0.3) is 0 Å². The second kappa shape index (κ2) is 14.8. The number of hydrogen-bond acceptors (Lipinski definition) is 1. The monoisotopic (exact) mass is 727 g/mol. The summed E-state index contributed by atoms with van der Waals surface area (Å²) in [6.07, 6.45) is 10.2. The second-order valence-corrected chi connectivity index (χ2v) is 14.8. The number of hydrogen-bond donors (Lipinski definition) is 0. The average Bonchev–Trinajstić information content (AvgIpc) is 3.38. The van der Waals surface area contributed by atoms with Crippen LogP contribution in [0.4, 0.5) is 17.1 Å². The Balaban J connectivity index is 1.21. The van der Waals surface area contributed by atoms with Crippen LogP contribution in [-0.2, 0) is 5.41 Å². The Kier molecular flexibility index (Phi) is 8.89. The van der Waals surface area contributed by atoms with E-state index in [1.54, 1.807) is 0 Å². The van der Waals surface area contributed by atoms with E-state index in [1.165, 1.54) is 66.8 Å². The van der Waals surface area contributed by atoms with Gasteiger partial charge in [-0.3, -0.25) is 0 Å². The predicted octanol–water partition coefficient (Wildman–Crippen LogP) is 14.8. The zero-order valence-electron chi connectivity index (χ0n) is 31.7. The lowest BCUT2D eigenvalue weighted by Crippen LogP contribution is -2.29. The Bertz CT molecular complexity index is 2740. The standard InChI is InChI=1S/C56H41N/c1-6-19-41(20-7-1)43-33-35-44(36-34-43)50-29-16-17-32-55(50)57(48-28-18-23-45(39-48)42-21-8-2-9-22-42)49-37-38-52-51-30-14-5-15-31-53(51)56(54(52)40-49,46-24-10-3-11-25-46)47-26-12-4-13-27-47/h1-4,6-40H,5H2. The van der Waals surface area contributed by atoms with Gasteiger partial charge >= 0.3 is 0 Å². The van der Waals surface area contributed by atoms with E-state index >= 15 is 0 Å². The van der Waals surface area contributed by atoms with Crippen molar-refractivity contribution in [3.63, 3.8) is 0 Å². The first-order valence-corrected chi connectivity index (χ1v) is 19.8. The van der Waals surface area contributed by atoms with E-state index in [0.717, 1.165) is 23.5 Å². The maximum absolute atomic E-state index is 2.47. The van der Waals surface area contributed by atoms with Gasteiger partial charge in [0.15, 0.2) is 0 Å². The minimum atomic E-state index is -0.515. The molecule has 0 bridgehead atoms. The Hall–Kier alpha value is -7.22. The van der Waals surface area contributed by atoms with Crippen molar-refractivity contribution in [1.29, 1.82) is 0 Å². The molecule has 0 spiro atoms. The number of anilines is 3. The van der Waals surface area contributed by atoms with Crippen LogP contribution in [-0.4, -0.2) is 0 Å². The summed E-state index contributed by atoms with van der Waals surface area (Å²) in [4.78, 5) is 2.46. The minimum absolute atomic E-state index is 0.515. The van der Waals surface area contributed by atoms with Crippen LogP contribution >= 0.6 is 0 Å². The minimum Gasteiger partial charge on any atom is -0.310 e. The summed E-state index contributed by atoms with van der Waals surface area (Å²) < 4.78 is 0. The van der Waals surface area contributed by atoms with Crippen molar-refractivity contribution in [2.45, 2.75) is 11.8 Å².